The number of halogens is 3. The van der Waals surface area contributed by atoms with Crippen molar-refractivity contribution >= 4 is 11.5 Å². The van der Waals surface area contributed by atoms with Crippen molar-refractivity contribution in [2.24, 2.45) is 5.73 Å². The van der Waals surface area contributed by atoms with E-state index in [0.29, 0.717) is 17.2 Å². The molecule has 0 aliphatic carbocycles. The van der Waals surface area contributed by atoms with Crippen LogP contribution in [0.1, 0.15) is 12.8 Å². The van der Waals surface area contributed by atoms with Gasteiger partial charge in [-0.25, -0.2) is 0 Å². The first kappa shape index (κ1) is 15.4. The Morgan fingerprint density at radius 3 is 2.67 bits per heavy atom. The summed E-state index contributed by atoms with van der Waals surface area (Å²) in [6.45, 7) is 0.513. The van der Waals surface area contributed by atoms with Gasteiger partial charge in [0.2, 0.25) is 12.6 Å². The molecule has 1 aromatic carbocycles. The summed E-state index contributed by atoms with van der Waals surface area (Å²) < 4.78 is 46.7. The van der Waals surface area contributed by atoms with Crippen LogP contribution in [0.15, 0.2) is 18.2 Å². The van der Waals surface area contributed by atoms with E-state index in [1.165, 1.54) is 0 Å². The molecule has 1 aliphatic heterocycles. The molecule has 1 heterocycles. The van der Waals surface area contributed by atoms with Gasteiger partial charge in [0.1, 0.15) is 0 Å². The van der Waals surface area contributed by atoms with E-state index in [-0.39, 0.29) is 26.4 Å². The van der Waals surface area contributed by atoms with Gasteiger partial charge in [-0.15, -0.1) is 0 Å². The van der Waals surface area contributed by atoms with Gasteiger partial charge in [-0.1, -0.05) is 0 Å². The predicted octanol–water partition coefficient (Wildman–Crippen LogP) is 2.05. The van der Waals surface area contributed by atoms with E-state index in [4.69, 9.17) is 15.2 Å². The summed E-state index contributed by atoms with van der Waals surface area (Å²) in [6.07, 6.45) is -5.25. The molecule has 0 radical (unpaired) electrons. The van der Waals surface area contributed by atoms with Crippen LogP contribution in [-0.4, -0.2) is 32.0 Å². The Balaban J connectivity index is 1.93. The fourth-order valence-corrected chi connectivity index (χ4v) is 1.98. The molecule has 0 aromatic heterocycles. The second kappa shape index (κ2) is 6.21. The smallest absolute Gasteiger partial charge is 0.449 e. The van der Waals surface area contributed by atoms with Crippen molar-refractivity contribution < 1.29 is 27.4 Å². The molecule has 0 bridgehead atoms. The first-order chi connectivity index (χ1) is 9.91. The molecule has 0 saturated heterocycles. The molecule has 0 unspecified atom stereocenters. The summed E-state index contributed by atoms with van der Waals surface area (Å²) in [4.78, 5) is 12.5. The van der Waals surface area contributed by atoms with Crippen LogP contribution in [0.2, 0.25) is 0 Å². The van der Waals surface area contributed by atoms with Crippen molar-refractivity contribution in [2.45, 2.75) is 19.0 Å². The molecule has 2 rings (SSSR count). The van der Waals surface area contributed by atoms with Crippen molar-refractivity contribution in [1.29, 1.82) is 0 Å². The van der Waals surface area contributed by atoms with Crippen LogP contribution in [0.4, 0.5) is 18.9 Å². The summed E-state index contributed by atoms with van der Waals surface area (Å²) in [5.41, 5.74) is 6.31. The van der Waals surface area contributed by atoms with Crippen LogP contribution < -0.4 is 20.1 Å². The molecule has 0 fully saturated rings. The minimum absolute atomic E-state index is 0.0734. The van der Waals surface area contributed by atoms with Crippen molar-refractivity contribution in [2.75, 3.05) is 24.9 Å². The summed E-state index contributed by atoms with van der Waals surface area (Å²) >= 11 is 0. The largest absolute Gasteiger partial charge is 0.454 e. The quantitative estimate of drug-likeness (QED) is 0.815. The fraction of sp³-hybridized carbons (Fsp3) is 0.462. The highest BCUT2D eigenvalue weighted by atomic mass is 19.4. The number of rotatable bonds is 6. The summed E-state index contributed by atoms with van der Waals surface area (Å²) in [7, 11) is 0. The van der Waals surface area contributed by atoms with Crippen molar-refractivity contribution in [1.82, 2.24) is 0 Å². The average Bonchev–Trinajstić information content (AvgIpc) is 2.89. The van der Waals surface area contributed by atoms with Crippen LogP contribution in [0.25, 0.3) is 0 Å². The van der Waals surface area contributed by atoms with Gasteiger partial charge in [0.05, 0.1) is 6.67 Å². The molecular formula is C13H15F3N2O3. The number of Topliss-reactive ketones (excluding diaryl/α,β-unsaturated/α-hetero) is 1. The van der Waals surface area contributed by atoms with Crippen LogP contribution in [0.5, 0.6) is 11.5 Å². The van der Waals surface area contributed by atoms with Crippen molar-refractivity contribution in [3.8, 4) is 11.5 Å². The Bertz CT molecular complexity index is 520. The zero-order valence-electron chi connectivity index (χ0n) is 11.2. The predicted molar refractivity (Wildman–Crippen MR) is 69.3 cm³/mol. The number of nitrogens with two attached hydrogens (primary N) is 1. The van der Waals surface area contributed by atoms with E-state index in [2.05, 4.69) is 0 Å². The van der Waals surface area contributed by atoms with E-state index < -0.39 is 18.4 Å². The van der Waals surface area contributed by atoms with E-state index in [9.17, 15) is 18.0 Å². The van der Waals surface area contributed by atoms with Crippen LogP contribution >= 0.6 is 0 Å². The number of carbonyl (C=O) groups excluding carboxylic acids is 1. The zero-order valence-corrected chi connectivity index (χ0v) is 11.2. The van der Waals surface area contributed by atoms with Gasteiger partial charge >= 0.3 is 6.18 Å². The number of hydrogen-bond donors (Lipinski definition) is 1. The number of hydrogen-bond acceptors (Lipinski definition) is 5. The van der Waals surface area contributed by atoms with E-state index in [1.54, 1.807) is 23.1 Å². The van der Waals surface area contributed by atoms with Gasteiger partial charge in [-0.3, -0.25) is 4.79 Å². The maximum absolute atomic E-state index is 12.1. The van der Waals surface area contributed by atoms with Crippen molar-refractivity contribution in [3.63, 3.8) is 0 Å². The molecular weight excluding hydrogens is 289 g/mol. The fourth-order valence-electron chi connectivity index (χ4n) is 1.98. The molecule has 0 spiro atoms. The van der Waals surface area contributed by atoms with Gasteiger partial charge in [0.15, 0.2) is 11.5 Å². The second-order valence-corrected chi connectivity index (χ2v) is 4.51. The summed E-state index contributed by atoms with van der Waals surface area (Å²) in [6, 6.07) is 5.16. The Kier molecular flexibility index (Phi) is 4.56. The molecule has 0 saturated carbocycles. The molecule has 116 valence electrons. The highest BCUT2D eigenvalue weighted by Gasteiger charge is 2.37. The van der Waals surface area contributed by atoms with Crippen LogP contribution in [0.3, 0.4) is 0 Å². The monoisotopic (exact) mass is 304 g/mol. The number of ether oxygens (including phenoxy) is 2. The molecule has 21 heavy (non-hydrogen) atoms. The molecule has 0 amide bonds. The molecule has 2 N–H and O–H groups in total. The minimum Gasteiger partial charge on any atom is -0.454 e. The number of benzene rings is 1. The minimum atomic E-state index is -4.77. The lowest BCUT2D eigenvalue weighted by Crippen LogP contribution is -2.32. The standard InChI is InChI=1S/C13H15F3N2O3/c14-13(15,16)12(19)2-1-5-18(7-17)9-3-4-10-11(6-9)21-8-20-10/h3-4,6H,1-2,5,7-8,17H2. The van der Waals surface area contributed by atoms with Gasteiger partial charge in [0, 0.05) is 24.7 Å². The van der Waals surface area contributed by atoms with E-state index in [1.807, 2.05) is 0 Å². The number of alkyl halides is 3. The van der Waals surface area contributed by atoms with E-state index >= 15 is 0 Å². The third-order valence-corrected chi connectivity index (χ3v) is 3.09. The number of ketones is 1. The third-order valence-electron chi connectivity index (χ3n) is 3.09. The molecule has 5 nitrogen and oxygen atoms in total. The average molecular weight is 304 g/mol. The molecule has 1 aliphatic rings. The maximum Gasteiger partial charge on any atom is 0.449 e. The lowest BCUT2D eigenvalue weighted by Gasteiger charge is -2.23. The zero-order chi connectivity index (χ0) is 15.5. The van der Waals surface area contributed by atoms with Crippen LogP contribution in [0, 0.1) is 0 Å². The Hall–Kier alpha value is -1.96. The highest BCUT2D eigenvalue weighted by molar-refractivity contribution is 5.83. The SMILES string of the molecule is NCN(CCCC(=O)C(F)(F)F)c1ccc2c(c1)OCO2. The topological polar surface area (TPSA) is 64.8 Å². The maximum atomic E-state index is 12.1. The van der Waals surface area contributed by atoms with Gasteiger partial charge in [0.25, 0.3) is 0 Å². The summed E-state index contributed by atoms with van der Waals surface area (Å²) in [5.74, 6) is -0.537. The number of fused-ring (bicyclic) bond motifs is 1. The highest BCUT2D eigenvalue weighted by Crippen LogP contribution is 2.35. The van der Waals surface area contributed by atoms with Gasteiger partial charge in [-0.2, -0.15) is 13.2 Å². The van der Waals surface area contributed by atoms with E-state index in [0.717, 1.165) is 0 Å². The number of carbonyl (C=O) groups is 1. The van der Waals surface area contributed by atoms with Crippen molar-refractivity contribution in [3.05, 3.63) is 18.2 Å². The molecule has 8 heteroatoms. The third kappa shape index (κ3) is 3.78. The lowest BCUT2D eigenvalue weighted by atomic mass is 10.2. The number of anilines is 1. The molecule has 1 aromatic rings. The van der Waals surface area contributed by atoms with Gasteiger partial charge in [-0.05, 0) is 18.6 Å². The Morgan fingerprint density at radius 2 is 2.00 bits per heavy atom. The number of nitrogens with zero attached hydrogens (tertiary/aromatic N) is 1. The second-order valence-electron chi connectivity index (χ2n) is 4.51. The van der Waals surface area contributed by atoms with Crippen LogP contribution in [-0.2, 0) is 4.79 Å². The Labute approximate surface area is 119 Å². The summed E-state index contributed by atoms with van der Waals surface area (Å²) in [5, 5.41) is 0. The molecule has 0 atom stereocenters. The first-order valence-electron chi connectivity index (χ1n) is 6.36. The Morgan fingerprint density at radius 1 is 1.29 bits per heavy atom. The van der Waals surface area contributed by atoms with Gasteiger partial charge < -0.3 is 20.1 Å². The lowest BCUT2D eigenvalue weighted by molar-refractivity contribution is -0.171. The normalized spacial score (nSPS) is 13.3. The first-order valence-corrected chi connectivity index (χ1v) is 6.36.